The molecule has 2 nitrogen and oxygen atoms in total. The minimum atomic E-state index is 0.590. The minimum absolute atomic E-state index is 0.590. The van der Waals surface area contributed by atoms with Gasteiger partial charge in [-0.15, -0.1) is 0 Å². The van der Waals surface area contributed by atoms with Crippen LogP contribution in [0.25, 0.3) is 0 Å². The molecule has 0 bridgehead atoms. The first-order valence-corrected chi connectivity index (χ1v) is 15.1. The molecule has 0 heterocycles. The summed E-state index contributed by atoms with van der Waals surface area (Å²) in [5.41, 5.74) is 10.9. The number of benzene rings is 1. The van der Waals surface area contributed by atoms with Gasteiger partial charge in [0, 0.05) is 24.8 Å². The van der Waals surface area contributed by atoms with Gasteiger partial charge in [-0.2, -0.15) is 0 Å². The Labute approximate surface area is 236 Å². The summed E-state index contributed by atoms with van der Waals surface area (Å²) < 4.78 is 0. The lowest BCUT2D eigenvalue weighted by molar-refractivity contribution is 0.332. The molecular formula is C36H58N2. The highest BCUT2D eigenvalue weighted by atomic mass is 15.2. The van der Waals surface area contributed by atoms with Crippen LogP contribution in [0, 0.1) is 6.92 Å². The van der Waals surface area contributed by atoms with Crippen LogP contribution < -0.4 is 4.90 Å². The number of rotatable bonds is 18. The van der Waals surface area contributed by atoms with Gasteiger partial charge in [-0.25, -0.2) is 0 Å². The summed E-state index contributed by atoms with van der Waals surface area (Å²) in [6.45, 7) is 32.7. The highest BCUT2D eigenvalue weighted by molar-refractivity contribution is 5.60. The maximum atomic E-state index is 4.30. The fourth-order valence-corrected chi connectivity index (χ4v) is 5.48. The molecule has 0 aliphatic carbocycles. The molecule has 0 aliphatic heterocycles. The smallest absolute Gasteiger partial charge is 0.0404 e. The number of likely N-dealkylation sites (N-methyl/N-ethyl adjacent to an activating group) is 1. The molecule has 0 radical (unpaired) electrons. The van der Waals surface area contributed by atoms with Crippen molar-refractivity contribution >= 4 is 5.69 Å². The van der Waals surface area contributed by atoms with Gasteiger partial charge in [0.2, 0.25) is 0 Å². The predicted octanol–water partition coefficient (Wildman–Crippen LogP) is 9.80. The molecule has 0 fully saturated rings. The average Bonchev–Trinajstić information content (AvgIpc) is 2.87. The second-order valence-corrected chi connectivity index (χ2v) is 10.9. The maximum absolute atomic E-state index is 4.30. The standard InChI is InChI=1S/C36H58N2/c1-12-19-31(27-37(15-4)16-5)22-18-23-32-24-33(26-35(28(7)8)29(9)10)30(11)36(25-32)38(17-6)34(20-13-2)21-14-3/h12,18-19,22,24-25,34H,1,7,13-17,20-21,23,26-27H2,2-6,8-11H3/b22-18-,31-19+. The summed E-state index contributed by atoms with van der Waals surface area (Å²) in [6, 6.07) is 5.50. The Morgan fingerprint density at radius 2 is 1.58 bits per heavy atom. The van der Waals surface area contributed by atoms with Gasteiger partial charge in [0.15, 0.2) is 0 Å². The lowest BCUT2D eigenvalue weighted by Crippen LogP contribution is -2.36. The third kappa shape index (κ3) is 10.4. The van der Waals surface area contributed by atoms with E-state index < -0.39 is 0 Å². The summed E-state index contributed by atoms with van der Waals surface area (Å²) in [5, 5.41) is 0. The molecule has 0 spiro atoms. The van der Waals surface area contributed by atoms with Crippen LogP contribution in [-0.2, 0) is 12.8 Å². The van der Waals surface area contributed by atoms with Crippen molar-refractivity contribution < 1.29 is 0 Å². The Bertz CT molecular complexity index is 961. The quantitative estimate of drug-likeness (QED) is 0.178. The van der Waals surface area contributed by atoms with E-state index in [0.29, 0.717) is 6.04 Å². The van der Waals surface area contributed by atoms with Gasteiger partial charge in [0.05, 0.1) is 0 Å². The van der Waals surface area contributed by atoms with Crippen molar-refractivity contribution in [3.05, 3.63) is 88.6 Å². The zero-order valence-corrected chi connectivity index (χ0v) is 26.4. The fraction of sp³-hybridized carbons (Fsp3) is 0.556. The SMILES string of the molecule is C=C/C=C(\C=C/Cc1cc(CC(C(=C)C)=C(C)C)c(C)c(N(CC)C(CCC)CCC)c1)CN(CC)CC. The summed E-state index contributed by atoms with van der Waals surface area (Å²) in [5.74, 6) is 0. The van der Waals surface area contributed by atoms with E-state index in [1.54, 1.807) is 0 Å². The van der Waals surface area contributed by atoms with E-state index in [4.69, 9.17) is 0 Å². The van der Waals surface area contributed by atoms with Crippen molar-refractivity contribution in [2.75, 3.05) is 31.1 Å². The van der Waals surface area contributed by atoms with Crippen LogP contribution in [0.2, 0.25) is 0 Å². The first-order valence-electron chi connectivity index (χ1n) is 15.1. The molecule has 0 saturated heterocycles. The second-order valence-electron chi connectivity index (χ2n) is 10.9. The van der Waals surface area contributed by atoms with Crippen LogP contribution in [-0.4, -0.2) is 37.1 Å². The van der Waals surface area contributed by atoms with Gasteiger partial charge in [-0.1, -0.05) is 95.2 Å². The number of anilines is 1. The number of nitrogens with zero attached hydrogens (tertiary/aromatic N) is 2. The van der Waals surface area contributed by atoms with Gasteiger partial charge < -0.3 is 4.90 Å². The van der Waals surface area contributed by atoms with Crippen LogP contribution in [0.15, 0.2) is 71.9 Å². The molecule has 38 heavy (non-hydrogen) atoms. The van der Waals surface area contributed by atoms with Gasteiger partial charge in [-0.3, -0.25) is 4.90 Å². The van der Waals surface area contributed by atoms with Gasteiger partial charge in [0.25, 0.3) is 0 Å². The van der Waals surface area contributed by atoms with Gasteiger partial charge in [-0.05, 0) is 107 Å². The largest absolute Gasteiger partial charge is 0.369 e. The molecule has 0 atom stereocenters. The Kier molecular flexibility index (Phi) is 16.0. The van der Waals surface area contributed by atoms with E-state index >= 15 is 0 Å². The Balaban J connectivity index is 3.55. The topological polar surface area (TPSA) is 6.48 Å². The summed E-state index contributed by atoms with van der Waals surface area (Å²) in [4.78, 5) is 5.13. The number of hydrogen-bond acceptors (Lipinski definition) is 2. The van der Waals surface area contributed by atoms with Gasteiger partial charge in [0.1, 0.15) is 0 Å². The third-order valence-electron chi connectivity index (χ3n) is 7.69. The lowest BCUT2D eigenvalue weighted by atomic mass is 9.90. The predicted molar refractivity (Wildman–Crippen MR) is 174 cm³/mol. The highest BCUT2D eigenvalue weighted by Crippen LogP contribution is 2.32. The normalized spacial score (nSPS) is 12.0. The van der Waals surface area contributed by atoms with E-state index in [2.05, 4.69) is 116 Å². The molecule has 1 aromatic rings. The second kappa shape index (κ2) is 18.1. The van der Waals surface area contributed by atoms with Crippen LogP contribution in [0.1, 0.15) is 97.8 Å². The molecule has 0 unspecified atom stereocenters. The molecule has 0 amide bonds. The zero-order valence-electron chi connectivity index (χ0n) is 26.4. The van der Waals surface area contributed by atoms with Crippen molar-refractivity contribution in [3.8, 4) is 0 Å². The van der Waals surface area contributed by atoms with Crippen molar-refractivity contribution in [2.24, 2.45) is 0 Å². The number of hydrogen-bond donors (Lipinski definition) is 0. The maximum Gasteiger partial charge on any atom is 0.0404 e. The molecule has 0 saturated carbocycles. The van der Waals surface area contributed by atoms with Crippen LogP contribution in [0.3, 0.4) is 0 Å². The summed E-state index contributed by atoms with van der Waals surface area (Å²) in [7, 11) is 0. The van der Waals surface area contributed by atoms with Gasteiger partial charge >= 0.3 is 0 Å². The zero-order chi connectivity index (χ0) is 28.7. The molecule has 0 aliphatic rings. The Morgan fingerprint density at radius 1 is 0.947 bits per heavy atom. The summed E-state index contributed by atoms with van der Waals surface area (Å²) >= 11 is 0. The number of allylic oxidation sites excluding steroid dienone is 6. The molecule has 212 valence electrons. The average molecular weight is 519 g/mol. The van der Waals surface area contributed by atoms with E-state index in [0.717, 1.165) is 39.0 Å². The Morgan fingerprint density at radius 3 is 2.05 bits per heavy atom. The fourth-order valence-electron chi connectivity index (χ4n) is 5.48. The van der Waals surface area contributed by atoms with Crippen molar-refractivity contribution in [2.45, 2.75) is 107 Å². The van der Waals surface area contributed by atoms with Crippen LogP contribution >= 0.6 is 0 Å². The van der Waals surface area contributed by atoms with Crippen LogP contribution in [0.5, 0.6) is 0 Å². The minimum Gasteiger partial charge on any atom is -0.369 e. The van der Waals surface area contributed by atoms with E-state index in [1.807, 2.05) is 6.08 Å². The monoisotopic (exact) mass is 518 g/mol. The molecule has 0 N–H and O–H groups in total. The van der Waals surface area contributed by atoms with Crippen LogP contribution in [0.4, 0.5) is 5.69 Å². The molecule has 2 heteroatoms. The lowest BCUT2D eigenvalue weighted by Gasteiger charge is -2.35. The van der Waals surface area contributed by atoms with Crippen molar-refractivity contribution in [3.63, 3.8) is 0 Å². The summed E-state index contributed by atoms with van der Waals surface area (Å²) in [6.07, 6.45) is 15.5. The van der Waals surface area contributed by atoms with Crippen molar-refractivity contribution in [1.82, 2.24) is 4.90 Å². The van der Waals surface area contributed by atoms with E-state index in [-0.39, 0.29) is 0 Å². The Hall–Kier alpha value is -2.32. The highest BCUT2D eigenvalue weighted by Gasteiger charge is 2.20. The van der Waals surface area contributed by atoms with E-state index in [9.17, 15) is 0 Å². The molecule has 1 aromatic carbocycles. The molecule has 1 rings (SSSR count). The first kappa shape index (κ1) is 33.7. The first-order chi connectivity index (χ1) is 18.2. The van der Waals surface area contributed by atoms with Crippen molar-refractivity contribution in [1.29, 1.82) is 0 Å². The third-order valence-corrected chi connectivity index (χ3v) is 7.69. The molecular weight excluding hydrogens is 460 g/mol. The molecule has 0 aromatic heterocycles. The van der Waals surface area contributed by atoms with E-state index in [1.165, 1.54) is 70.4 Å².